The second kappa shape index (κ2) is 8.68. The van der Waals surface area contributed by atoms with Gasteiger partial charge in [-0.05, 0) is 43.9 Å². The molecule has 0 bridgehead atoms. The van der Waals surface area contributed by atoms with Crippen LogP contribution in [0.3, 0.4) is 0 Å². The molecular formula is C24H28N2O3. The molecule has 1 saturated carbocycles. The molecule has 0 N–H and O–H groups in total. The molecule has 2 amide bonds. The zero-order valence-electron chi connectivity index (χ0n) is 17.0. The Hall–Kier alpha value is -2.82. The molecule has 4 rings (SSSR count). The Morgan fingerprint density at radius 2 is 1.59 bits per heavy atom. The lowest BCUT2D eigenvalue weighted by Gasteiger charge is -2.35. The molecule has 0 aromatic heterocycles. The second-order valence-corrected chi connectivity index (χ2v) is 8.00. The first-order valence-electron chi connectivity index (χ1n) is 10.5. The van der Waals surface area contributed by atoms with E-state index in [2.05, 4.69) is 0 Å². The highest BCUT2D eigenvalue weighted by Gasteiger charge is 2.27. The molecule has 2 fully saturated rings. The van der Waals surface area contributed by atoms with Crippen LogP contribution in [0.1, 0.15) is 40.7 Å². The van der Waals surface area contributed by atoms with E-state index in [9.17, 15) is 9.59 Å². The molecule has 29 heavy (non-hydrogen) atoms. The predicted molar refractivity (Wildman–Crippen MR) is 112 cm³/mol. The molecule has 1 heterocycles. The van der Waals surface area contributed by atoms with Crippen LogP contribution >= 0.6 is 0 Å². The molecule has 5 heteroatoms. The summed E-state index contributed by atoms with van der Waals surface area (Å²) < 4.78 is 6.02. The van der Waals surface area contributed by atoms with Crippen molar-refractivity contribution in [3.05, 3.63) is 65.2 Å². The molecule has 0 atom stereocenters. The molecule has 1 saturated heterocycles. The first-order valence-corrected chi connectivity index (χ1v) is 10.5. The van der Waals surface area contributed by atoms with E-state index in [0.717, 1.165) is 18.4 Å². The van der Waals surface area contributed by atoms with E-state index < -0.39 is 0 Å². The van der Waals surface area contributed by atoms with Gasteiger partial charge in [0.2, 0.25) is 5.91 Å². The van der Waals surface area contributed by atoms with E-state index in [1.54, 1.807) is 0 Å². The third kappa shape index (κ3) is 4.61. The van der Waals surface area contributed by atoms with Crippen molar-refractivity contribution in [2.24, 2.45) is 0 Å². The lowest BCUT2D eigenvalue weighted by Crippen LogP contribution is -2.51. The second-order valence-electron chi connectivity index (χ2n) is 8.00. The fraction of sp³-hybridized carbons (Fsp3) is 0.417. The average Bonchev–Trinajstić information content (AvgIpc) is 2.72. The summed E-state index contributed by atoms with van der Waals surface area (Å²) in [6.07, 6.45) is 3.96. The zero-order valence-corrected chi connectivity index (χ0v) is 17.0. The van der Waals surface area contributed by atoms with Crippen LogP contribution in [0.25, 0.3) is 0 Å². The third-order valence-electron chi connectivity index (χ3n) is 5.86. The number of piperazine rings is 1. The number of carbonyl (C=O) groups excluding carboxylic acids is 2. The maximum absolute atomic E-state index is 13.1. The minimum Gasteiger partial charge on any atom is -0.490 e. The summed E-state index contributed by atoms with van der Waals surface area (Å²) in [7, 11) is 0. The van der Waals surface area contributed by atoms with Crippen LogP contribution in [-0.4, -0.2) is 53.9 Å². The van der Waals surface area contributed by atoms with Crippen molar-refractivity contribution in [2.75, 3.05) is 26.2 Å². The highest BCUT2D eigenvalue weighted by atomic mass is 16.5. The number of hydrogen-bond acceptors (Lipinski definition) is 3. The predicted octanol–water partition coefficient (Wildman–Crippen LogP) is 3.45. The molecule has 2 aromatic carbocycles. The number of hydrogen-bond donors (Lipinski definition) is 0. The minimum atomic E-state index is -0.00874. The molecule has 1 aliphatic carbocycles. The smallest absolute Gasteiger partial charge is 0.257 e. The molecule has 0 radical (unpaired) electrons. The summed E-state index contributed by atoms with van der Waals surface area (Å²) in [5.74, 6) is 0.792. The zero-order chi connectivity index (χ0) is 20.2. The Balaban J connectivity index is 1.34. The van der Waals surface area contributed by atoms with Crippen molar-refractivity contribution in [1.29, 1.82) is 0 Å². The van der Waals surface area contributed by atoms with Crippen LogP contribution in [0, 0.1) is 6.92 Å². The first-order chi connectivity index (χ1) is 14.1. The van der Waals surface area contributed by atoms with E-state index in [-0.39, 0.29) is 17.9 Å². The van der Waals surface area contributed by atoms with Crippen molar-refractivity contribution >= 4 is 11.8 Å². The lowest BCUT2D eigenvalue weighted by molar-refractivity contribution is -0.131. The van der Waals surface area contributed by atoms with Crippen molar-refractivity contribution in [3.8, 4) is 5.75 Å². The van der Waals surface area contributed by atoms with Crippen LogP contribution in [0.5, 0.6) is 5.75 Å². The van der Waals surface area contributed by atoms with Gasteiger partial charge in [0.15, 0.2) is 0 Å². The lowest BCUT2D eigenvalue weighted by atomic mass is 9.96. The summed E-state index contributed by atoms with van der Waals surface area (Å²) in [5, 5.41) is 0. The van der Waals surface area contributed by atoms with Crippen LogP contribution in [0.2, 0.25) is 0 Å². The van der Waals surface area contributed by atoms with Gasteiger partial charge in [0.25, 0.3) is 5.91 Å². The van der Waals surface area contributed by atoms with E-state index in [4.69, 9.17) is 4.74 Å². The molecule has 2 aromatic rings. The maximum atomic E-state index is 13.1. The van der Waals surface area contributed by atoms with Crippen molar-refractivity contribution in [1.82, 2.24) is 9.80 Å². The van der Waals surface area contributed by atoms with E-state index in [1.165, 1.54) is 12.0 Å². The monoisotopic (exact) mass is 392 g/mol. The fourth-order valence-electron chi connectivity index (χ4n) is 3.74. The Kier molecular flexibility index (Phi) is 5.84. The van der Waals surface area contributed by atoms with Gasteiger partial charge < -0.3 is 14.5 Å². The topological polar surface area (TPSA) is 49.9 Å². The van der Waals surface area contributed by atoms with Gasteiger partial charge in [0.1, 0.15) is 5.75 Å². The number of para-hydroxylation sites is 1. The Bertz CT molecular complexity index is 866. The van der Waals surface area contributed by atoms with Gasteiger partial charge in [-0.3, -0.25) is 9.59 Å². The molecule has 5 nitrogen and oxygen atoms in total. The average molecular weight is 392 g/mol. The summed E-state index contributed by atoms with van der Waals surface area (Å²) >= 11 is 0. The Labute approximate surface area is 172 Å². The molecular weight excluding hydrogens is 364 g/mol. The Morgan fingerprint density at radius 1 is 0.931 bits per heavy atom. The van der Waals surface area contributed by atoms with Gasteiger partial charge in [-0.25, -0.2) is 0 Å². The van der Waals surface area contributed by atoms with Gasteiger partial charge in [0.05, 0.1) is 18.1 Å². The van der Waals surface area contributed by atoms with Gasteiger partial charge >= 0.3 is 0 Å². The molecule has 0 spiro atoms. The van der Waals surface area contributed by atoms with Gasteiger partial charge in [-0.2, -0.15) is 0 Å². The normalized spacial score (nSPS) is 17.0. The van der Waals surface area contributed by atoms with Gasteiger partial charge in [-0.15, -0.1) is 0 Å². The first kappa shape index (κ1) is 19.5. The summed E-state index contributed by atoms with van der Waals surface area (Å²) in [5.41, 5.74) is 2.84. The molecule has 1 aliphatic heterocycles. The van der Waals surface area contributed by atoms with E-state index >= 15 is 0 Å². The molecule has 152 valence electrons. The maximum Gasteiger partial charge on any atom is 0.257 e. The van der Waals surface area contributed by atoms with Crippen LogP contribution in [-0.2, 0) is 11.2 Å². The summed E-state index contributed by atoms with van der Waals surface area (Å²) in [6, 6.07) is 15.6. The summed E-state index contributed by atoms with van der Waals surface area (Å²) in [4.78, 5) is 29.4. The number of benzene rings is 2. The van der Waals surface area contributed by atoms with E-state index in [1.807, 2.05) is 65.3 Å². The van der Waals surface area contributed by atoms with Crippen LogP contribution in [0.4, 0.5) is 0 Å². The van der Waals surface area contributed by atoms with Crippen molar-refractivity contribution < 1.29 is 14.3 Å². The quantitative estimate of drug-likeness (QED) is 0.783. The number of aryl methyl sites for hydroxylation is 1. The minimum absolute atomic E-state index is 0.00874. The van der Waals surface area contributed by atoms with Gasteiger partial charge in [-0.1, -0.05) is 42.0 Å². The Morgan fingerprint density at radius 3 is 2.24 bits per heavy atom. The van der Waals surface area contributed by atoms with Crippen molar-refractivity contribution in [2.45, 2.75) is 38.7 Å². The number of amides is 2. The third-order valence-corrected chi connectivity index (χ3v) is 5.86. The largest absolute Gasteiger partial charge is 0.490 e. The highest BCUT2D eigenvalue weighted by Crippen LogP contribution is 2.28. The highest BCUT2D eigenvalue weighted by molar-refractivity contribution is 5.97. The standard InChI is InChI=1S/C24H28N2O3/c1-18-9-11-19(12-10-18)17-23(27)25-13-15-26(16-14-25)24(28)21-7-2-3-8-22(21)29-20-5-4-6-20/h2-3,7-12,20H,4-6,13-17H2,1H3. The van der Waals surface area contributed by atoms with Crippen LogP contribution in [0.15, 0.2) is 48.5 Å². The van der Waals surface area contributed by atoms with Crippen molar-refractivity contribution in [3.63, 3.8) is 0 Å². The number of rotatable bonds is 5. The van der Waals surface area contributed by atoms with Gasteiger partial charge in [0, 0.05) is 26.2 Å². The number of carbonyl (C=O) groups is 2. The molecule has 0 unspecified atom stereocenters. The number of ether oxygens (including phenoxy) is 1. The fourth-order valence-corrected chi connectivity index (χ4v) is 3.74. The molecule has 2 aliphatic rings. The van der Waals surface area contributed by atoms with Crippen LogP contribution < -0.4 is 4.74 Å². The SMILES string of the molecule is Cc1ccc(CC(=O)N2CCN(C(=O)c3ccccc3OC3CCC3)CC2)cc1. The van der Waals surface area contributed by atoms with E-state index in [0.29, 0.717) is 43.9 Å². The number of nitrogens with zero attached hydrogens (tertiary/aromatic N) is 2. The summed E-state index contributed by atoms with van der Waals surface area (Å²) in [6.45, 7) is 4.29.